The summed E-state index contributed by atoms with van der Waals surface area (Å²) in [6.45, 7) is 3.45. The second-order valence-electron chi connectivity index (χ2n) is 4.56. The maximum atomic E-state index is 11.1. The molecule has 0 bridgehead atoms. The minimum absolute atomic E-state index is 0.548. The molecule has 0 amide bonds. The van der Waals surface area contributed by atoms with Crippen LogP contribution in [0, 0.1) is 0 Å². The minimum Gasteiger partial charge on any atom is -0.480 e. The monoisotopic (exact) mass is 218 g/mol. The summed E-state index contributed by atoms with van der Waals surface area (Å²) in [7, 11) is 0. The predicted octanol–water partition coefficient (Wildman–Crippen LogP) is 1.89. The zero-order valence-electron chi connectivity index (χ0n) is 8.75. The first-order chi connectivity index (χ1) is 6.36. The molecule has 14 heavy (non-hydrogen) atoms. The smallest absolute Gasteiger partial charge is 0.319 e. The van der Waals surface area contributed by atoms with Crippen molar-refractivity contribution >= 4 is 17.7 Å². The number of carbonyl (C=O) groups is 1. The van der Waals surface area contributed by atoms with Gasteiger partial charge in [0.25, 0.3) is 0 Å². The summed E-state index contributed by atoms with van der Waals surface area (Å²) in [6, 6.07) is 0. The Labute approximate surface area is 88.9 Å². The SMILES string of the molecule is CC(C)(O)CCC1(C(=O)O)CCCS1. The Balaban J connectivity index is 2.57. The topological polar surface area (TPSA) is 57.5 Å². The van der Waals surface area contributed by atoms with Crippen molar-refractivity contribution < 1.29 is 15.0 Å². The highest BCUT2D eigenvalue weighted by atomic mass is 32.2. The molecule has 1 saturated heterocycles. The molecule has 1 unspecified atom stereocenters. The number of thioether (sulfide) groups is 1. The minimum atomic E-state index is -0.758. The zero-order valence-corrected chi connectivity index (χ0v) is 9.56. The van der Waals surface area contributed by atoms with Gasteiger partial charge in [-0.3, -0.25) is 4.79 Å². The molecule has 1 atom stereocenters. The molecule has 0 spiro atoms. The van der Waals surface area contributed by atoms with Crippen molar-refractivity contribution in [3.05, 3.63) is 0 Å². The van der Waals surface area contributed by atoms with Crippen molar-refractivity contribution in [1.82, 2.24) is 0 Å². The highest BCUT2D eigenvalue weighted by molar-refractivity contribution is 8.01. The predicted molar refractivity (Wildman–Crippen MR) is 57.6 cm³/mol. The molecule has 0 aliphatic carbocycles. The molecule has 1 fully saturated rings. The zero-order chi connectivity index (χ0) is 10.8. The van der Waals surface area contributed by atoms with E-state index in [1.165, 1.54) is 11.8 Å². The number of aliphatic hydroxyl groups is 1. The first-order valence-electron chi connectivity index (χ1n) is 4.95. The van der Waals surface area contributed by atoms with E-state index in [1.54, 1.807) is 13.8 Å². The van der Waals surface area contributed by atoms with Gasteiger partial charge in [0.2, 0.25) is 0 Å². The van der Waals surface area contributed by atoms with Crippen LogP contribution in [0.2, 0.25) is 0 Å². The van der Waals surface area contributed by atoms with Crippen molar-refractivity contribution in [3.8, 4) is 0 Å². The highest BCUT2D eigenvalue weighted by Crippen LogP contribution is 2.42. The van der Waals surface area contributed by atoms with Crippen molar-refractivity contribution in [2.75, 3.05) is 5.75 Å². The average molecular weight is 218 g/mol. The van der Waals surface area contributed by atoms with E-state index in [-0.39, 0.29) is 0 Å². The molecule has 0 aromatic heterocycles. The van der Waals surface area contributed by atoms with Crippen LogP contribution < -0.4 is 0 Å². The second kappa shape index (κ2) is 4.11. The van der Waals surface area contributed by atoms with Crippen molar-refractivity contribution in [2.24, 2.45) is 0 Å². The lowest BCUT2D eigenvalue weighted by Crippen LogP contribution is -2.35. The lowest BCUT2D eigenvalue weighted by molar-refractivity contribution is -0.140. The molecule has 3 nitrogen and oxygen atoms in total. The van der Waals surface area contributed by atoms with Crippen LogP contribution in [0.25, 0.3) is 0 Å². The van der Waals surface area contributed by atoms with Crippen LogP contribution in [0.4, 0.5) is 0 Å². The number of hydrogen-bond donors (Lipinski definition) is 2. The van der Waals surface area contributed by atoms with Crippen LogP contribution in [-0.2, 0) is 4.79 Å². The van der Waals surface area contributed by atoms with Gasteiger partial charge < -0.3 is 10.2 Å². The second-order valence-corrected chi connectivity index (χ2v) is 6.04. The standard InChI is InChI=1S/C10H18O3S/c1-9(2,13)5-6-10(8(11)12)4-3-7-14-10/h13H,3-7H2,1-2H3,(H,11,12). The van der Waals surface area contributed by atoms with E-state index in [0.717, 1.165) is 18.6 Å². The molecule has 0 aromatic carbocycles. The molecule has 4 heteroatoms. The van der Waals surface area contributed by atoms with Gasteiger partial charge in [-0.1, -0.05) is 0 Å². The molecule has 0 radical (unpaired) electrons. The van der Waals surface area contributed by atoms with Crippen LogP contribution in [0.5, 0.6) is 0 Å². The molecule has 1 rings (SSSR count). The fraction of sp³-hybridized carbons (Fsp3) is 0.900. The van der Waals surface area contributed by atoms with Gasteiger partial charge in [-0.25, -0.2) is 0 Å². The van der Waals surface area contributed by atoms with Crippen molar-refractivity contribution in [3.63, 3.8) is 0 Å². The molecule has 0 aromatic rings. The van der Waals surface area contributed by atoms with Gasteiger partial charge in [-0.15, -0.1) is 11.8 Å². The van der Waals surface area contributed by atoms with Gasteiger partial charge >= 0.3 is 5.97 Å². The van der Waals surface area contributed by atoms with Gasteiger partial charge in [0, 0.05) is 0 Å². The summed E-state index contributed by atoms with van der Waals surface area (Å²) in [5.74, 6) is 0.210. The van der Waals surface area contributed by atoms with Crippen LogP contribution in [0.1, 0.15) is 39.5 Å². The molecule has 0 saturated carbocycles. The van der Waals surface area contributed by atoms with E-state index in [4.69, 9.17) is 5.11 Å². The van der Waals surface area contributed by atoms with E-state index < -0.39 is 16.3 Å². The summed E-state index contributed by atoms with van der Waals surface area (Å²) in [4.78, 5) is 11.1. The van der Waals surface area contributed by atoms with Crippen LogP contribution in [0.15, 0.2) is 0 Å². The Hall–Kier alpha value is -0.220. The number of hydrogen-bond acceptors (Lipinski definition) is 3. The molecule has 82 valence electrons. The molecular formula is C10H18O3S. The van der Waals surface area contributed by atoms with Gasteiger partial charge in [-0.05, 0) is 45.3 Å². The van der Waals surface area contributed by atoms with Crippen molar-refractivity contribution in [1.29, 1.82) is 0 Å². The average Bonchev–Trinajstić information content (AvgIpc) is 2.48. The fourth-order valence-electron chi connectivity index (χ4n) is 1.68. The largest absolute Gasteiger partial charge is 0.480 e. The number of carboxylic acids is 1. The molecule has 2 N–H and O–H groups in total. The van der Waals surface area contributed by atoms with Gasteiger partial charge in [-0.2, -0.15) is 0 Å². The summed E-state index contributed by atoms with van der Waals surface area (Å²) in [5, 5.41) is 18.7. The third kappa shape index (κ3) is 2.89. The fourth-order valence-corrected chi connectivity index (χ4v) is 3.02. The quantitative estimate of drug-likeness (QED) is 0.756. The van der Waals surface area contributed by atoms with E-state index in [0.29, 0.717) is 12.8 Å². The van der Waals surface area contributed by atoms with Crippen LogP contribution in [-0.4, -0.2) is 32.3 Å². The molecule has 1 heterocycles. The third-order valence-corrected chi connectivity index (χ3v) is 4.26. The van der Waals surface area contributed by atoms with Crippen LogP contribution >= 0.6 is 11.8 Å². The highest BCUT2D eigenvalue weighted by Gasteiger charge is 2.42. The van der Waals surface area contributed by atoms with Crippen molar-refractivity contribution in [2.45, 2.75) is 49.9 Å². The Bertz CT molecular complexity index is 214. The number of carboxylic acid groups (broad SMARTS) is 1. The summed E-state index contributed by atoms with van der Waals surface area (Å²) in [5.41, 5.74) is -0.758. The van der Waals surface area contributed by atoms with Crippen LogP contribution in [0.3, 0.4) is 0 Å². The molecule has 1 aliphatic rings. The Morgan fingerprint density at radius 1 is 1.57 bits per heavy atom. The molecule has 1 aliphatic heterocycles. The Kier molecular flexibility index (Phi) is 3.48. The van der Waals surface area contributed by atoms with E-state index >= 15 is 0 Å². The number of aliphatic carboxylic acids is 1. The molecular weight excluding hydrogens is 200 g/mol. The first kappa shape index (κ1) is 11.9. The summed E-state index contributed by atoms with van der Waals surface area (Å²) in [6.07, 6.45) is 2.83. The number of rotatable bonds is 4. The van der Waals surface area contributed by atoms with Gasteiger partial charge in [0.15, 0.2) is 0 Å². The van der Waals surface area contributed by atoms with E-state index in [1.807, 2.05) is 0 Å². The van der Waals surface area contributed by atoms with E-state index in [9.17, 15) is 9.90 Å². The normalized spacial score (nSPS) is 27.9. The first-order valence-corrected chi connectivity index (χ1v) is 5.94. The third-order valence-electron chi connectivity index (χ3n) is 2.63. The lowest BCUT2D eigenvalue weighted by atomic mass is 9.91. The van der Waals surface area contributed by atoms with E-state index in [2.05, 4.69) is 0 Å². The summed E-state index contributed by atoms with van der Waals surface area (Å²) < 4.78 is -0.625. The van der Waals surface area contributed by atoms with Gasteiger partial charge in [0.1, 0.15) is 4.75 Å². The lowest BCUT2D eigenvalue weighted by Gasteiger charge is -2.26. The Morgan fingerprint density at radius 2 is 2.21 bits per heavy atom. The Morgan fingerprint density at radius 3 is 2.57 bits per heavy atom. The maximum absolute atomic E-state index is 11.1. The van der Waals surface area contributed by atoms with Gasteiger partial charge in [0.05, 0.1) is 5.60 Å². The summed E-state index contributed by atoms with van der Waals surface area (Å²) >= 11 is 1.53. The maximum Gasteiger partial charge on any atom is 0.319 e.